The minimum absolute atomic E-state index is 0.0622. The molecule has 164 valence electrons. The van der Waals surface area contributed by atoms with E-state index in [-0.39, 0.29) is 36.3 Å². The first-order chi connectivity index (χ1) is 15.1. The summed E-state index contributed by atoms with van der Waals surface area (Å²) in [6.07, 6.45) is 5.92. The van der Waals surface area contributed by atoms with Crippen molar-refractivity contribution in [2.75, 3.05) is 31.6 Å². The molecule has 2 N–H and O–H groups in total. The number of aliphatic hydroxyl groups excluding tert-OH is 1. The van der Waals surface area contributed by atoms with E-state index in [2.05, 4.69) is 40.6 Å². The molecule has 6 heteroatoms. The van der Waals surface area contributed by atoms with Gasteiger partial charge in [-0.05, 0) is 49.6 Å². The molecule has 2 saturated heterocycles. The van der Waals surface area contributed by atoms with Gasteiger partial charge in [0.1, 0.15) is 5.82 Å². The van der Waals surface area contributed by atoms with Gasteiger partial charge < -0.3 is 15.3 Å². The largest absolute Gasteiger partial charge is 0.395 e. The molecule has 0 aliphatic carbocycles. The van der Waals surface area contributed by atoms with Gasteiger partial charge in [0.2, 0.25) is 0 Å². The normalized spacial score (nSPS) is 24.2. The molecule has 0 radical (unpaired) electrons. The van der Waals surface area contributed by atoms with Gasteiger partial charge in [-0.15, -0.1) is 0 Å². The van der Waals surface area contributed by atoms with E-state index in [1.54, 1.807) is 23.1 Å². The Morgan fingerprint density at radius 2 is 1.90 bits per heavy atom. The van der Waals surface area contributed by atoms with Crippen LogP contribution in [-0.4, -0.2) is 59.3 Å². The standard InChI is InChI=1S/C25H30FN3O2/c1-2-7-18-10-12-19(13-11-18)24-22-16-28(14-5-6-15-29(22)23(24)17-30)25(31)27-21-9-4-3-8-20(21)26/h2-4,7-13,22-24,30H,5-6,14-17H2,1H3,(H,27,31)/b7-2+/t22-,23-,24-/m1/s1. The molecule has 0 unspecified atom stereocenters. The lowest BCUT2D eigenvalue weighted by molar-refractivity contribution is -0.0585. The lowest BCUT2D eigenvalue weighted by atomic mass is 9.74. The number of benzene rings is 2. The highest BCUT2D eigenvalue weighted by molar-refractivity contribution is 5.89. The number of urea groups is 1. The Kier molecular flexibility index (Phi) is 6.68. The molecule has 0 aromatic heterocycles. The van der Waals surface area contributed by atoms with Crippen molar-refractivity contribution in [2.45, 2.75) is 37.8 Å². The summed E-state index contributed by atoms with van der Waals surface area (Å²) in [6, 6.07) is 14.6. The van der Waals surface area contributed by atoms with Gasteiger partial charge in [0, 0.05) is 31.1 Å². The second-order valence-corrected chi connectivity index (χ2v) is 8.31. The molecule has 0 spiro atoms. The second-order valence-electron chi connectivity index (χ2n) is 8.31. The summed E-state index contributed by atoms with van der Waals surface area (Å²) in [6.45, 7) is 4.21. The summed E-state index contributed by atoms with van der Waals surface area (Å²) >= 11 is 0. The zero-order valence-electron chi connectivity index (χ0n) is 17.9. The Balaban J connectivity index is 1.53. The molecule has 2 aliphatic rings. The number of hydrogen-bond acceptors (Lipinski definition) is 3. The van der Waals surface area contributed by atoms with Crippen molar-refractivity contribution in [2.24, 2.45) is 0 Å². The lowest BCUT2D eigenvalue weighted by Gasteiger charge is -2.57. The Bertz CT molecular complexity index is 931. The molecule has 4 rings (SSSR count). The van der Waals surface area contributed by atoms with Crippen molar-refractivity contribution < 1.29 is 14.3 Å². The smallest absolute Gasteiger partial charge is 0.321 e. The summed E-state index contributed by atoms with van der Waals surface area (Å²) < 4.78 is 14.0. The van der Waals surface area contributed by atoms with Crippen LogP contribution in [0.15, 0.2) is 54.6 Å². The molecule has 31 heavy (non-hydrogen) atoms. The molecule has 2 amide bonds. The number of aliphatic hydroxyl groups is 1. The van der Waals surface area contributed by atoms with Crippen LogP contribution in [0.25, 0.3) is 6.08 Å². The third-order valence-electron chi connectivity index (χ3n) is 6.45. The number of halogens is 1. The van der Waals surface area contributed by atoms with Crippen molar-refractivity contribution in [1.29, 1.82) is 0 Å². The minimum Gasteiger partial charge on any atom is -0.395 e. The highest BCUT2D eigenvalue weighted by atomic mass is 19.1. The van der Waals surface area contributed by atoms with Gasteiger partial charge >= 0.3 is 6.03 Å². The van der Waals surface area contributed by atoms with E-state index < -0.39 is 5.82 Å². The molecule has 2 heterocycles. The van der Waals surface area contributed by atoms with Crippen molar-refractivity contribution >= 4 is 17.8 Å². The summed E-state index contributed by atoms with van der Waals surface area (Å²) in [4.78, 5) is 17.1. The first kappa shape index (κ1) is 21.5. The lowest BCUT2D eigenvalue weighted by Crippen LogP contribution is -2.68. The Labute approximate surface area is 183 Å². The second kappa shape index (κ2) is 9.62. The van der Waals surface area contributed by atoms with Crippen LogP contribution >= 0.6 is 0 Å². The van der Waals surface area contributed by atoms with Crippen molar-refractivity contribution in [3.05, 3.63) is 71.6 Å². The van der Waals surface area contributed by atoms with Crippen LogP contribution in [0.3, 0.4) is 0 Å². The summed E-state index contributed by atoms with van der Waals surface area (Å²) in [7, 11) is 0. The zero-order chi connectivity index (χ0) is 21.8. The highest BCUT2D eigenvalue weighted by Crippen LogP contribution is 2.42. The van der Waals surface area contributed by atoms with E-state index in [9.17, 15) is 14.3 Å². The molecule has 5 nitrogen and oxygen atoms in total. The topological polar surface area (TPSA) is 55.8 Å². The predicted molar refractivity (Wildman–Crippen MR) is 121 cm³/mol. The molecule has 2 aromatic carbocycles. The highest BCUT2D eigenvalue weighted by Gasteiger charge is 2.49. The van der Waals surface area contributed by atoms with Crippen LogP contribution in [-0.2, 0) is 0 Å². The number of rotatable bonds is 4. The zero-order valence-corrected chi connectivity index (χ0v) is 17.9. The Morgan fingerprint density at radius 1 is 1.16 bits per heavy atom. The van der Waals surface area contributed by atoms with E-state index in [1.807, 2.05) is 13.0 Å². The van der Waals surface area contributed by atoms with E-state index in [0.717, 1.165) is 24.9 Å². The average molecular weight is 424 g/mol. The van der Waals surface area contributed by atoms with E-state index in [0.29, 0.717) is 13.1 Å². The number of nitrogens with one attached hydrogen (secondary N) is 1. The molecular formula is C25H30FN3O2. The summed E-state index contributed by atoms with van der Waals surface area (Å²) in [5.41, 5.74) is 2.53. The number of fused-ring (bicyclic) bond motifs is 1. The number of nitrogens with zero attached hydrogens (tertiary/aromatic N) is 2. The van der Waals surface area contributed by atoms with E-state index in [1.165, 1.54) is 11.6 Å². The fraction of sp³-hybridized carbons (Fsp3) is 0.400. The van der Waals surface area contributed by atoms with E-state index in [4.69, 9.17) is 0 Å². The Morgan fingerprint density at radius 3 is 2.61 bits per heavy atom. The number of para-hydroxylation sites is 1. The SMILES string of the molecule is C/C=C/c1ccc([C@H]2[C@@H](CO)N3CCCCN(C(=O)Nc4ccccc4F)C[C@H]23)cc1. The Hall–Kier alpha value is -2.70. The van der Waals surface area contributed by atoms with E-state index >= 15 is 0 Å². The van der Waals surface area contributed by atoms with Crippen LogP contribution in [0.5, 0.6) is 0 Å². The number of hydrogen-bond donors (Lipinski definition) is 2. The molecular weight excluding hydrogens is 393 g/mol. The monoisotopic (exact) mass is 423 g/mol. The van der Waals surface area contributed by atoms with Gasteiger partial charge in [-0.3, -0.25) is 4.90 Å². The van der Waals surface area contributed by atoms with Crippen molar-refractivity contribution in [3.8, 4) is 0 Å². The summed E-state index contributed by atoms with van der Waals surface area (Å²) in [5, 5.41) is 12.8. The minimum atomic E-state index is -0.437. The maximum Gasteiger partial charge on any atom is 0.321 e. The maximum absolute atomic E-state index is 14.0. The van der Waals surface area contributed by atoms with Gasteiger partial charge in [0.25, 0.3) is 0 Å². The van der Waals surface area contributed by atoms with Gasteiger partial charge in [-0.25, -0.2) is 9.18 Å². The molecule has 2 aliphatic heterocycles. The van der Waals surface area contributed by atoms with Crippen LogP contribution < -0.4 is 5.32 Å². The first-order valence-corrected chi connectivity index (χ1v) is 11.0. The quantitative estimate of drug-likeness (QED) is 0.770. The van der Waals surface area contributed by atoms with Crippen LogP contribution in [0.2, 0.25) is 0 Å². The summed E-state index contributed by atoms with van der Waals surface area (Å²) in [5.74, 6) is -0.279. The number of carbonyl (C=O) groups is 1. The number of carbonyl (C=O) groups excluding carboxylic acids is 1. The molecule has 2 fully saturated rings. The van der Waals surface area contributed by atoms with Gasteiger partial charge in [0.05, 0.1) is 12.3 Å². The number of amides is 2. The molecule has 3 atom stereocenters. The van der Waals surface area contributed by atoms with Crippen molar-refractivity contribution in [1.82, 2.24) is 9.80 Å². The average Bonchev–Trinajstić information content (AvgIpc) is 2.75. The maximum atomic E-state index is 14.0. The van der Waals surface area contributed by atoms with Crippen LogP contribution in [0, 0.1) is 5.82 Å². The first-order valence-electron chi connectivity index (χ1n) is 11.0. The third kappa shape index (κ3) is 4.50. The number of allylic oxidation sites excluding steroid dienone is 1. The van der Waals surface area contributed by atoms with Crippen LogP contribution in [0.4, 0.5) is 14.9 Å². The number of anilines is 1. The van der Waals surface area contributed by atoms with Gasteiger partial charge in [0.15, 0.2) is 0 Å². The van der Waals surface area contributed by atoms with Gasteiger partial charge in [-0.2, -0.15) is 0 Å². The van der Waals surface area contributed by atoms with Crippen molar-refractivity contribution in [3.63, 3.8) is 0 Å². The fourth-order valence-corrected chi connectivity index (χ4v) is 4.90. The molecule has 0 bridgehead atoms. The third-order valence-corrected chi connectivity index (χ3v) is 6.45. The predicted octanol–water partition coefficient (Wildman–Crippen LogP) is 4.32. The van der Waals surface area contributed by atoms with Gasteiger partial charge in [-0.1, -0.05) is 48.6 Å². The molecule has 0 saturated carbocycles. The van der Waals surface area contributed by atoms with Crippen LogP contribution in [0.1, 0.15) is 36.8 Å². The molecule has 2 aromatic rings. The fourth-order valence-electron chi connectivity index (χ4n) is 4.90.